The molecule has 2 aromatic rings. The van der Waals surface area contributed by atoms with Gasteiger partial charge in [0.05, 0.1) is 5.56 Å². The maximum atomic E-state index is 8.78. The first-order valence-corrected chi connectivity index (χ1v) is 4.66. The number of aryl methyl sites for hydroxylation is 1. The van der Waals surface area contributed by atoms with Gasteiger partial charge in [-0.3, -0.25) is 0 Å². The monoisotopic (exact) mass is 197 g/mol. The van der Waals surface area contributed by atoms with E-state index >= 15 is 0 Å². The van der Waals surface area contributed by atoms with E-state index in [0.717, 1.165) is 5.69 Å². The van der Waals surface area contributed by atoms with Crippen molar-refractivity contribution in [2.45, 2.75) is 6.92 Å². The Morgan fingerprint density at radius 1 is 1.20 bits per heavy atom. The second kappa shape index (κ2) is 3.50. The van der Waals surface area contributed by atoms with Crippen molar-refractivity contribution in [1.82, 2.24) is 4.57 Å². The topological polar surface area (TPSA) is 54.7 Å². The Kier molecular flexibility index (Phi) is 2.18. The molecule has 0 amide bonds. The Labute approximate surface area is 88.4 Å². The lowest BCUT2D eigenvalue weighted by atomic mass is 10.2. The van der Waals surface area contributed by atoms with Crippen LogP contribution in [0.4, 0.5) is 5.82 Å². The summed E-state index contributed by atoms with van der Waals surface area (Å²) in [4.78, 5) is 0. The first-order valence-electron chi connectivity index (χ1n) is 4.66. The van der Waals surface area contributed by atoms with Crippen LogP contribution in [-0.2, 0) is 0 Å². The van der Waals surface area contributed by atoms with Gasteiger partial charge in [-0.25, -0.2) is 0 Å². The fourth-order valence-electron chi connectivity index (χ4n) is 1.47. The van der Waals surface area contributed by atoms with Crippen molar-refractivity contribution in [3.8, 4) is 11.8 Å². The third kappa shape index (κ3) is 1.57. The highest BCUT2D eigenvalue weighted by atomic mass is 15.0. The Balaban J connectivity index is 2.51. The molecule has 15 heavy (non-hydrogen) atoms. The lowest BCUT2D eigenvalue weighted by molar-refractivity contribution is 1.09. The van der Waals surface area contributed by atoms with Crippen molar-refractivity contribution in [3.63, 3.8) is 0 Å². The van der Waals surface area contributed by atoms with Crippen LogP contribution in [0, 0.1) is 18.3 Å². The van der Waals surface area contributed by atoms with Crippen molar-refractivity contribution >= 4 is 5.82 Å². The predicted molar refractivity (Wildman–Crippen MR) is 59.6 cm³/mol. The van der Waals surface area contributed by atoms with Gasteiger partial charge >= 0.3 is 0 Å². The molecule has 1 heterocycles. The van der Waals surface area contributed by atoms with Crippen molar-refractivity contribution in [1.29, 1.82) is 5.26 Å². The Morgan fingerprint density at radius 3 is 2.40 bits per heavy atom. The van der Waals surface area contributed by atoms with Crippen molar-refractivity contribution in [3.05, 3.63) is 47.7 Å². The molecule has 0 aliphatic carbocycles. The summed E-state index contributed by atoms with van der Waals surface area (Å²) < 4.78 is 1.80. The zero-order chi connectivity index (χ0) is 10.8. The number of benzene rings is 1. The molecule has 2 N–H and O–H groups in total. The second-order valence-electron chi connectivity index (χ2n) is 3.43. The lowest BCUT2D eigenvalue weighted by Crippen LogP contribution is -1.99. The van der Waals surface area contributed by atoms with Gasteiger partial charge in [0.15, 0.2) is 0 Å². The molecule has 74 valence electrons. The number of nitrogen functional groups attached to an aromatic ring is 1. The molecule has 0 aliphatic heterocycles. The number of nitrogens with zero attached hydrogens (tertiary/aromatic N) is 2. The largest absolute Gasteiger partial charge is 0.384 e. The first kappa shape index (κ1) is 9.35. The number of nitriles is 1. The van der Waals surface area contributed by atoms with Gasteiger partial charge in [-0.1, -0.05) is 17.7 Å². The van der Waals surface area contributed by atoms with Gasteiger partial charge < -0.3 is 10.3 Å². The van der Waals surface area contributed by atoms with Crippen LogP contribution in [-0.4, -0.2) is 4.57 Å². The third-order valence-corrected chi connectivity index (χ3v) is 2.36. The highest BCUT2D eigenvalue weighted by Gasteiger charge is 2.05. The Morgan fingerprint density at radius 2 is 1.87 bits per heavy atom. The second-order valence-corrected chi connectivity index (χ2v) is 3.43. The van der Waals surface area contributed by atoms with E-state index in [2.05, 4.69) is 6.07 Å². The summed E-state index contributed by atoms with van der Waals surface area (Å²) in [7, 11) is 0. The number of hydrogen-bond donors (Lipinski definition) is 1. The molecular weight excluding hydrogens is 186 g/mol. The van der Waals surface area contributed by atoms with E-state index in [1.807, 2.05) is 31.2 Å². The maximum Gasteiger partial charge on any atom is 0.126 e. The molecule has 0 radical (unpaired) electrons. The van der Waals surface area contributed by atoms with E-state index in [0.29, 0.717) is 11.4 Å². The van der Waals surface area contributed by atoms with Gasteiger partial charge in [-0.2, -0.15) is 5.26 Å². The zero-order valence-electron chi connectivity index (χ0n) is 8.44. The number of aromatic nitrogens is 1. The number of anilines is 1. The molecular formula is C12H11N3. The summed E-state index contributed by atoms with van der Waals surface area (Å²) in [5.41, 5.74) is 8.51. The fourth-order valence-corrected chi connectivity index (χ4v) is 1.47. The van der Waals surface area contributed by atoms with Crippen LogP contribution in [0.15, 0.2) is 36.5 Å². The Bertz CT molecular complexity index is 515. The first-order chi connectivity index (χ1) is 7.22. The molecule has 3 nitrogen and oxygen atoms in total. The molecule has 0 aliphatic rings. The van der Waals surface area contributed by atoms with Gasteiger partial charge in [-0.15, -0.1) is 0 Å². The van der Waals surface area contributed by atoms with E-state index in [4.69, 9.17) is 11.0 Å². The van der Waals surface area contributed by atoms with E-state index in [-0.39, 0.29) is 0 Å². The molecule has 0 saturated heterocycles. The molecule has 0 saturated carbocycles. The molecule has 3 heteroatoms. The third-order valence-electron chi connectivity index (χ3n) is 2.36. The number of rotatable bonds is 1. The smallest absolute Gasteiger partial charge is 0.126 e. The number of nitrogens with two attached hydrogens (primary N) is 1. The molecule has 1 aromatic heterocycles. The minimum absolute atomic E-state index is 0.487. The average Bonchev–Trinajstić information content (AvgIpc) is 2.61. The van der Waals surface area contributed by atoms with Crippen molar-refractivity contribution in [2.75, 3.05) is 5.73 Å². The van der Waals surface area contributed by atoms with Crippen LogP contribution >= 0.6 is 0 Å². The molecule has 0 fully saturated rings. The average molecular weight is 197 g/mol. The maximum absolute atomic E-state index is 8.78. The summed E-state index contributed by atoms with van der Waals surface area (Å²) in [6.45, 7) is 2.03. The van der Waals surface area contributed by atoms with Crippen LogP contribution in [0.1, 0.15) is 11.1 Å². The van der Waals surface area contributed by atoms with Gasteiger partial charge in [0, 0.05) is 11.9 Å². The van der Waals surface area contributed by atoms with Crippen LogP contribution < -0.4 is 5.73 Å². The van der Waals surface area contributed by atoms with Gasteiger partial charge in [0.25, 0.3) is 0 Å². The molecule has 1 aromatic carbocycles. The number of hydrogen-bond acceptors (Lipinski definition) is 2. The summed E-state index contributed by atoms with van der Waals surface area (Å²) in [5, 5.41) is 8.78. The molecule has 0 atom stereocenters. The van der Waals surface area contributed by atoms with Crippen LogP contribution in [0.5, 0.6) is 0 Å². The van der Waals surface area contributed by atoms with E-state index in [1.54, 1.807) is 16.8 Å². The zero-order valence-corrected chi connectivity index (χ0v) is 8.44. The lowest BCUT2D eigenvalue weighted by Gasteiger charge is -2.05. The van der Waals surface area contributed by atoms with Gasteiger partial charge in [0.1, 0.15) is 11.9 Å². The van der Waals surface area contributed by atoms with Crippen molar-refractivity contribution in [2.24, 2.45) is 0 Å². The summed E-state index contributed by atoms with van der Waals surface area (Å²) >= 11 is 0. The van der Waals surface area contributed by atoms with Crippen LogP contribution in [0.25, 0.3) is 5.69 Å². The van der Waals surface area contributed by atoms with E-state index in [9.17, 15) is 0 Å². The van der Waals surface area contributed by atoms with Crippen molar-refractivity contribution < 1.29 is 0 Å². The minimum Gasteiger partial charge on any atom is -0.384 e. The molecule has 2 rings (SSSR count). The predicted octanol–water partition coefficient (Wildman–Crippen LogP) is 2.24. The molecule has 0 unspecified atom stereocenters. The summed E-state index contributed by atoms with van der Waals surface area (Å²) in [5.74, 6) is 0.487. The highest BCUT2D eigenvalue weighted by Crippen LogP contribution is 2.18. The quantitative estimate of drug-likeness (QED) is 0.762. The standard InChI is InChI=1S/C12H11N3/c1-9-2-4-11(5-3-9)15-7-6-10(8-13)12(15)14/h2-7H,14H2,1H3. The summed E-state index contributed by atoms with van der Waals surface area (Å²) in [6, 6.07) is 11.8. The van der Waals surface area contributed by atoms with Gasteiger partial charge in [-0.05, 0) is 25.1 Å². The Hall–Kier alpha value is -2.21. The normalized spacial score (nSPS) is 9.87. The fraction of sp³-hybridized carbons (Fsp3) is 0.0833. The van der Waals surface area contributed by atoms with Crippen LogP contribution in [0.2, 0.25) is 0 Å². The van der Waals surface area contributed by atoms with Gasteiger partial charge in [0.2, 0.25) is 0 Å². The molecule has 0 bridgehead atoms. The SMILES string of the molecule is Cc1ccc(-n2ccc(C#N)c2N)cc1. The summed E-state index contributed by atoms with van der Waals surface area (Å²) in [6.07, 6.45) is 1.80. The van der Waals surface area contributed by atoms with E-state index in [1.165, 1.54) is 5.56 Å². The van der Waals surface area contributed by atoms with E-state index < -0.39 is 0 Å². The minimum atomic E-state index is 0.487. The highest BCUT2D eigenvalue weighted by molar-refractivity contribution is 5.55. The molecule has 0 spiro atoms. The van der Waals surface area contributed by atoms with Crippen LogP contribution in [0.3, 0.4) is 0 Å².